The molecule has 0 radical (unpaired) electrons. The first-order chi connectivity index (χ1) is 17.5. The molecule has 0 saturated carbocycles. The third-order valence-corrected chi connectivity index (χ3v) is 5.73. The first-order valence-electron chi connectivity index (χ1n) is 10.7. The quantitative estimate of drug-likeness (QED) is 0.338. The van der Waals surface area contributed by atoms with Crippen LogP contribution in [0, 0.1) is 0 Å². The van der Waals surface area contributed by atoms with Crippen molar-refractivity contribution in [2.24, 2.45) is 4.99 Å². The maximum Gasteiger partial charge on any atom is 0.416 e. The molecule has 1 aromatic heterocycles. The zero-order valence-corrected chi connectivity index (χ0v) is 18.5. The number of benzene rings is 3. The van der Waals surface area contributed by atoms with Crippen molar-refractivity contribution in [3.05, 3.63) is 111 Å². The minimum Gasteiger partial charge on any atom is -0.304 e. The summed E-state index contributed by atoms with van der Waals surface area (Å²) in [6.45, 7) is 0. The first-order valence-corrected chi connectivity index (χ1v) is 10.7. The van der Waals surface area contributed by atoms with Crippen molar-refractivity contribution in [3.63, 3.8) is 0 Å². The molecule has 2 heterocycles. The number of fused-ring (bicyclic) bond motifs is 1. The number of nitrogens with zero attached hydrogens (tertiary/aromatic N) is 3. The van der Waals surface area contributed by atoms with Crippen LogP contribution in [0.4, 0.5) is 32.0 Å². The van der Waals surface area contributed by atoms with E-state index in [0.29, 0.717) is 28.9 Å². The molecule has 1 aliphatic heterocycles. The van der Waals surface area contributed by atoms with Crippen LogP contribution in [0.1, 0.15) is 33.9 Å². The van der Waals surface area contributed by atoms with Crippen LogP contribution in [0.5, 0.6) is 0 Å². The highest BCUT2D eigenvalue weighted by molar-refractivity contribution is 6.02. The molecule has 3 aromatic carbocycles. The van der Waals surface area contributed by atoms with Gasteiger partial charge >= 0.3 is 18.0 Å². The van der Waals surface area contributed by atoms with Gasteiger partial charge in [-0.2, -0.15) is 31.4 Å². The molecule has 0 spiro atoms. The Morgan fingerprint density at radius 1 is 0.865 bits per heavy atom. The normalized spacial score (nSPS) is 16.9. The molecule has 7 nitrogen and oxygen atoms in total. The van der Waals surface area contributed by atoms with Gasteiger partial charge in [-0.3, -0.25) is 0 Å². The standard InChI is InChI=1S/C24H16F6N6O/c25-23(26,27)14-9-15(24(28,29)30)11-16(10-14)32-21-19-4-2-1-3-18(19)20(33-34-21)13-5-7-17(8-6-13)36-12-31-35-22(36)37/h1-12,20,33H,(H,32,34)(H,35,37). The Balaban J connectivity index is 1.52. The van der Waals surface area contributed by atoms with Crippen molar-refractivity contribution in [3.8, 4) is 5.69 Å². The van der Waals surface area contributed by atoms with Gasteiger partial charge in [0.05, 0.1) is 28.5 Å². The zero-order chi connectivity index (χ0) is 26.4. The molecule has 190 valence electrons. The lowest BCUT2D eigenvalue weighted by Gasteiger charge is -2.29. The van der Waals surface area contributed by atoms with Gasteiger partial charge in [-0.25, -0.2) is 24.9 Å². The molecule has 1 unspecified atom stereocenters. The SMILES string of the molecule is O=c1[nH]ncn1-c1ccc(C2NNC(=Nc3cc(C(F)(F)F)cc(C(F)(F)F)c3)c3ccccc32)cc1. The molecule has 37 heavy (non-hydrogen) atoms. The van der Waals surface area contributed by atoms with Crippen LogP contribution in [0.3, 0.4) is 0 Å². The fourth-order valence-corrected chi connectivity index (χ4v) is 3.99. The smallest absolute Gasteiger partial charge is 0.304 e. The van der Waals surface area contributed by atoms with E-state index in [1.54, 1.807) is 48.5 Å². The minimum atomic E-state index is -4.98. The number of amidine groups is 1. The van der Waals surface area contributed by atoms with Crippen LogP contribution in [-0.4, -0.2) is 20.6 Å². The van der Waals surface area contributed by atoms with E-state index in [1.165, 1.54) is 10.9 Å². The monoisotopic (exact) mass is 518 g/mol. The summed E-state index contributed by atoms with van der Waals surface area (Å²) < 4.78 is 80.9. The number of alkyl halides is 6. The van der Waals surface area contributed by atoms with E-state index in [9.17, 15) is 31.1 Å². The molecular formula is C24H16F6N6O. The Morgan fingerprint density at radius 2 is 1.51 bits per heavy atom. The molecule has 1 aliphatic rings. The molecule has 5 rings (SSSR count). The third kappa shape index (κ3) is 4.85. The van der Waals surface area contributed by atoms with Crippen molar-refractivity contribution in [1.82, 2.24) is 25.6 Å². The Hall–Kier alpha value is -4.39. The fourth-order valence-electron chi connectivity index (χ4n) is 3.99. The predicted molar refractivity (Wildman–Crippen MR) is 121 cm³/mol. The molecule has 4 aromatic rings. The largest absolute Gasteiger partial charge is 0.416 e. The van der Waals surface area contributed by atoms with Crippen molar-refractivity contribution >= 4 is 11.5 Å². The summed E-state index contributed by atoms with van der Waals surface area (Å²) in [5, 5.41) is 5.99. The number of nitrogens with one attached hydrogen (secondary N) is 3. The van der Waals surface area contributed by atoms with Crippen molar-refractivity contribution in [2.45, 2.75) is 18.4 Å². The number of halogens is 6. The molecule has 13 heteroatoms. The summed E-state index contributed by atoms with van der Waals surface area (Å²) >= 11 is 0. The number of aromatic amines is 1. The number of aromatic nitrogens is 3. The van der Waals surface area contributed by atoms with Crippen LogP contribution in [0.25, 0.3) is 5.69 Å². The van der Waals surface area contributed by atoms with Crippen LogP contribution < -0.4 is 16.5 Å². The molecule has 0 aliphatic carbocycles. The van der Waals surface area contributed by atoms with Crippen LogP contribution in [0.15, 0.2) is 82.8 Å². The number of H-pyrrole nitrogens is 1. The highest BCUT2D eigenvalue weighted by Crippen LogP contribution is 2.38. The summed E-state index contributed by atoms with van der Waals surface area (Å²) in [5.74, 6) is 0.0564. The van der Waals surface area contributed by atoms with E-state index in [2.05, 4.69) is 26.0 Å². The maximum atomic E-state index is 13.3. The maximum absolute atomic E-state index is 13.3. The summed E-state index contributed by atoms with van der Waals surface area (Å²) in [7, 11) is 0. The summed E-state index contributed by atoms with van der Waals surface area (Å²) in [5.41, 5.74) is 4.54. The van der Waals surface area contributed by atoms with Crippen LogP contribution in [-0.2, 0) is 12.4 Å². The number of aliphatic imine (C=N–C) groups is 1. The van der Waals surface area contributed by atoms with Crippen LogP contribution in [0.2, 0.25) is 0 Å². The van der Waals surface area contributed by atoms with Crippen molar-refractivity contribution in [1.29, 1.82) is 0 Å². The number of rotatable bonds is 3. The van der Waals surface area contributed by atoms with E-state index in [1.807, 2.05) is 0 Å². The molecule has 1 atom stereocenters. The van der Waals surface area contributed by atoms with E-state index in [-0.39, 0.29) is 11.9 Å². The van der Waals surface area contributed by atoms with Gasteiger partial charge in [0.1, 0.15) is 12.2 Å². The van der Waals surface area contributed by atoms with Gasteiger partial charge < -0.3 is 5.43 Å². The zero-order valence-electron chi connectivity index (χ0n) is 18.5. The highest BCUT2D eigenvalue weighted by atomic mass is 19.4. The molecule has 3 N–H and O–H groups in total. The number of hydrogen-bond acceptors (Lipinski definition) is 4. The Bertz CT molecular complexity index is 1500. The van der Waals surface area contributed by atoms with Crippen molar-refractivity contribution < 1.29 is 26.3 Å². The number of hydrogen-bond donors (Lipinski definition) is 3. The third-order valence-electron chi connectivity index (χ3n) is 5.73. The second-order valence-corrected chi connectivity index (χ2v) is 8.14. The second kappa shape index (κ2) is 8.92. The van der Waals surface area contributed by atoms with E-state index in [4.69, 9.17) is 0 Å². The molecule has 0 saturated heterocycles. The Kier molecular flexibility index (Phi) is 5.86. The lowest BCUT2D eigenvalue weighted by atomic mass is 9.92. The molecule has 0 fully saturated rings. The average molecular weight is 518 g/mol. The fraction of sp³-hybridized carbons (Fsp3) is 0.125. The van der Waals surface area contributed by atoms with E-state index in [0.717, 1.165) is 5.56 Å². The van der Waals surface area contributed by atoms with E-state index < -0.39 is 40.9 Å². The average Bonchev–Trinajstić information content (AvgIpc) is 3.29. The van der Waals surface area contributed by atoms with Gasteiger partial charge in [0.25, 0.3) is 0 Å². The molecule has 0 bridgehead atoms. The van der Waals surface area contributed by atoms with Gasteiger partial charge in [0.2, 0.25) is 0 Å². The van der Waals surface area contributed by atoms with Gasteiger partial charge in [-0.15, -0.1) is 0 Å². The first kappa shape index (κ1) is 24.3. The highest BCUT2D eigenvalue weighted by Gasteiger charge is 2.37. The summed E-state index contributed by atoms with van der Waals surface area (Å²) in [6, 6.07) is 14.6. The van der Waals surface area contributed by atoms with Gasteiger partial charge in [-0.1, -0.05) is 36.4 Å². The molecular weight excluding hydrogens is 502 g/mol. The topological polar surface area (TPSA) is 87.1 Å². The summed E-state index contributed by atoms with van der Waals surface area (Å²) in [4.78, 5) is 15.9. The molecule has 0 amide bonds. The number of hydrazine groups is 1. The van der Waals surface area contributed by atoms with Crippen molar-refractivity contribution in [2.75, 3.05) is 0 Å². The lowest BCUT2D eigenvalue weighted by Crippen LogP contribution is -2.46. The minimum absolute atomic E-state index is 0.0564. The summed E-state index contributed by atoms with van der Waals surface area (Å²) in [6.07, 6.45) is -8.62. The Morgan fingerprint density at radius 3 is 2.11 bits per heavy atom. The second-order valence-electron chi connectivity index (χ2n) is 8.14. The van der Waals surface area contributed by atoms with E-state index >= 15 is 0 Å². The Labute approximate surface area is 204 Å². The lowest BCUT2D eigenvalue weighted by molar-refractivity contribution is -0.143. The van der Waals surface area contributed by atoms with Gasteiger partial charge in [-0.05, 0) is 41.5 Å². The predicted octanol–water partition coefficient (Wildman–Crippen LogP) is 4.87. The van der Waals surface area contributed by atoms with Gasteiger partial charge in [0, 0.05) is 5.56 Å². The van der Waals surface area contributed by atoms with Crippen LogP contribution >= 0.6 is 0 Å². The van der Waals surface area contributed by atoms with Gasteiger partial charge in [0.15, 0.2) is 0 Å².